The third-order valence-electron chi connectivity index (χ3n) is 2.58. The predicted molar refractivity (Wildman–Crippen MR) is 64.3 cm³/mol. The van der Waals surface area contributed by atoms with Gasteiger partial charge in [0.1, 0.15) is 5.82 Å². The van der Waals surface area contributed by atoms with E-state index in [-0.39, 0.29) is 22.1 Å². The monoisotopic (exact) mass is 248 g/mol. The van der Waals surface area contributed by atoms with E-state index in [0.29, 0.717) is 5.92 Å². The first-order chi connectivity index (χ1) is 6.93. The quantitative estimate of drug-likeness (QED) is 0.672. The highest BCUT2D eigenvalue weighted by Crippen LogP contribution is 2.30. The highest BCUT2D eigenvalue weighted by molar-refractivity contribution is 6.30. The molecule has 15 heavy (non-hydrogen) atoms. The molecule has 1 aromatic carbocycles. The van der Waals surface area contributed by atoms with Gasteiger partial charge >= 0.3 is 0 Å². The summed E-state index contributed by atoms with van der Waals surface area (Å²) < 4.78 is 13.0. The topological polar surface area (TPSA) is 0 Å². The average Bonchev–Trinajstić information content (AvgIpc) is 2.19. The summed E-state index contributed by atoms with van der Waals surface area (Å²) in [5.41, 5.74) is 0.982. The molecule has 0 aliphatic carbocycles. The molecule has 0 saturated carbocycles. The molecule has 0 saturated heterocycles. The van der Waals surface area contributed by atoms with E-state index in [1.54, 1.807) is 12.1 Å². The lowest BCUT2D eigenvalue weighted by Crippen LogP contribution is -2.16. The van der Waals surface area contributed by atoms with Crippen LogP contribution in [-0.4, -0.2) is 5.38 Å². The van der Waals surface area contributed by atoms with Gasteiger partial charge < -0.3 is 0 Å². The summed E-state index contributed by atoms with van der Waals surface area (Å²) in [5, 5.41) is 0.193. The van der Waals surface area contributed by atoms with Crippen LogP contribution in [-0.2, 0) is 0 Å². The second-order valence-corrected chi connectivity index (χ2v) is 5.06. The summed E-state index contributed by atoms with van der Waals surface area (Å²) in [5.74, 6) is 0.165. The molecule has 0 heterocycles. The molecule has 0 amide bonds. The van der Waals surface area contributed by atoms with Gasteiger partial charge in [-0.05, 0) is 29.5 Å². The van der Waals surface area contributed by atoms with E-state index >= 15 is 0 Å². The van der Waals surface area contributed by atoms with E-state index in [2.05, 4.69) is 13.8 Å². The Hall–Kier alpha value is -0.270. The minimum atomic E-state index is -0.386. The Bertz CT molecular complexity index is 336. The van der Waals surface area contributed by atoms with E-state index in [4.69, 9.17) is 23.2 Å². The molecule has 1 rings (SSSR count). The first-order valence-electron chi connectivity index (χ1n) is 5.02. The van der Waals surface area contributed by atoms with Gasteiger partial charge in [-0.25, -0.2) is 4.39 Å². The number of rotatable bonds is 3. The van der Waals surface area contributed by atoms with Gasteiger partial charge in [-0.1, -0.05) is 38.4 Å². The van der Waals surface area contributed by atoms with Gasteiger partial charge in [0, 0.05) is 5.38 Å². The van der Waals surface area contributed by atoms with Crippen LogP contribution in [0.5, 0.6) is 0 Å². The van der Waals surface area contributed by atoms with Gasteiger partial charge in [-0.15, -0.1) is 11.6 Å². The number of benzene rings is 1. The van der Waals surface area contributed by atoms with Crippen molar-refractivity contribution in [1.29, 1.82) is 0 Å². The molecule has 0 spiro atoms. The van der Waals surface area contributed by atoms with Crippen LogP contribution in [0.4, 0.5) is 4.39 Å². The first kappa shape index (κ1) is 12.8. The molecule has 0 aliphatic rings. The molecule has 0 radical (unpaired) electrons. The van der Waals surface area contributed by atoms with Gasteiger partial charge in [0.05, 0.1) is 5.02 Å². The van der Waals surface area contributed by atoms with Gasteiger partial charge in [-0.3, -0.25) is 0 Å². The van der Waals surface area contributed by atoms with Crippen LogP contribution in [0.3, 0.4) is 0 Å². The largest absolute Gasteiger partial charge is 0.205 e. The zero-order valence-corrected chi connectivity index (χ0v) is 10.6. The van der Waals surface area contributed by atoms with Crippen LogP contribution < -0.4 is 0 Å². The smallest absolute Gasteiger partial charge is 0.141 e. The fourth-order valence-electron chi connectivity index (χ4n) is 1.56. The van der Waals surface area contributed by atoms with Crippen molar-refractivity contribution in [2.24, 2.45) is 5.92 Å². The maximum absolute atomic E-state index is 13.0. The van der Waals surface area contributed by atoms with Crippen LogP contribution in [0.2, 0.25) is 5.02 Å². The van der Waals surface area contributed by atoms with Crippen LogP contribution in [0, 0.1) is 11.7 Å². The summed E-state index contributed by atoms with van der Waals surface area (Å²) in [6.07, 6.45) is 0. The van der Waals surface area contributed by atoms with Crippen molar-refractivity contribution in [3.05, 3.63) is 34.6 Å². The summed E-state index contributed by atoms with van der Waals surface area (Å²) in [4.78, 5) is 0. The molecular weight excluding hydrogens is 234 g/mol. The van der Waals surface area contributed by atoms with Crippen LogP contribution in [0.1, 0.15) is 32.3 Å². The van der Waals surface area contributed by atoms with Gasteiger partial charge in [-0.2, -0.15) is 0 Å². The molecule has 0 N–H and O–H groups in total. The van der Waals surface area contributed by atoms with Crippen LogP contribution in [0.25, 0.3) is 0 Å². The molecule has 0 aromatic heterocycles. The Balaban J connectivity index is 2.91. The van der Waals surface area contributed by atoms with Crippen LogP contribution >= 0.6 is 23.2 Å². The SMILES string of the molecule is CC(C)C(Cl)C(C)c1ccc(F)c(Cl)c1. The van der Waals surface area contributed by atoms with Gasteiger partial charge in [0.15, 0.2) is 0 Å². The zero-order valence-electron chi connectivity index (χ0n) is 9.10. The van der Waals surface area contributed by atoms with Crippen molar-refractivity contribution in [3.63, 3.8) is 0 Å². The number of hydrogen-bond donors (Lipinski definition) is 0. The third-order valence-corrected chi connectivity index (χ3v) is 3.76. The highest BCUT2D eigenvalue weighted by atomic mass is 35.5. The summed E-state index contributed by atoms with van der Waals surface area (Å²) in [7, 11) is 0. The Morgan fingerprint density at radius 2 is 1.80 bits per heavy atom. The second-order valence-electron chi connectivity index (χ2n) is 4.15. The lowest BCUT2D eigenvalue weighted by molar-refractivity contribution is 0.532. The molecule has 0 nitrogen and oxygen atoms in total. The normalized spacial score (nSPS) is 15.4. The lowest BCUT2D eigenvalue weighted by atomic mass is 9.91. The van der Waals surface area contributed by atoms with Crippen molar-refractivity contribution < 1.29 is 4.39 Å². The fraction of sp³-hybridized carbons (Fsp3) is 0.500. The molecule has 3 heteroatoms. The molecule has 1 aromatic rings. The lowest BCUT2D eigenvalue weighted by Gasteiger charge is -2.21. The summed E-state index contributed by atoms with van der Waals surface area (Å²) in [6.45, 7) is 6.17. The third kappa shape index (κ3) is 3.09. The zero-order chi connectivity index (χ0) is 11.6. The van der Waals surface area contributed by atoms with E-state index < -0.39 is 0 Å². The van der Waals surface area contributed by atoms with Crippen molar-refractivity contribution in [3.8, 4) is 0 Å². The molecule has 0 bridgehead atoms. The van der Waals surface area contributed by atoms with Crippen LogP contribution in [0.15, 0.2) is 18.2 Å². The predicted octanol–water partition coefficient (Wildman–Crippen LogP) is 4.85. The number of alkyl halides is 1. The first-order valence-corrected chi connectivity index (χ1v) is 5.84. The molecule has 0 fully saturated rings. The Morgan fingerprint density at radius 1 is 1.20 bits per heavy atom. The van der Waals surface area contributed by atoms with Crippen molar-refractivity contribution in [2.75, 3.05) is 0 Å². The maximum Gasteiger partial charge on any atom is 0.141 e. The van der Waals surface area contributed by atoms with Gasteiger partial charge in [0.2, 0.25) is 0 Å². The van der Waals surface area contributed by atoms with E-state index in [0.717, 1.165) is 5.56 Å². The van der Waals surface area contributed by atoms with E-state index in [1.807, 2.05) is 6.92 Å². The highest BCUT2D eigenvalue weighted by Gasteiger charge is 2.20. The Kier molecular flexibility index (Phi) is 4.42. The Morgan fingerprint density at radius 3 is 2.27 bits per heavy atom. The minimum Gasteiger partial charge on any atom is -0.205 e. The Labute approximate surface area is 100 Å². The second kappa shape index (κ2) is 5.18. The molecule has 2 unspecified atom stereocenters. The fourth-order valence-corrected chi connectivity index (χ4v) is 1.89. The average molecular weight is 249 g/mol. The minimum absolute atomic E-state index is 0.0338. The molecule has 0 aliphatic heterocycles. The van der Waals surface area contributed by atoms with Gasteiger partial charge in [0.25, 0.3) is 0 Å². The molecule has 84 valence electrons. The molecular formula is C12H15Cl2F. The number of hydrogen-bond acceptors (Lipinski definition) is 0. The maximum atomic E-state index is 13.0. The van der Waals surface area contributed by atoms with Crippen molar-refractivity contribution in [2.45, 2.75) is 32.1 Å². The van der Waals surface area contributed by atoms with E-state index in [9.17, 15) is 4.39 Å². The standard InChI is InChI=1S/C12H15Cl2F/c1-7(2)12(14)8(3)9-4-5-11(15)10(13)6-9/h4-8,12H,1-3H3. The number of halogens is 3. The summed E-state index contributed by atoms with van der Waals surface area (Å²) in [6, 6.07) is 4.78. The van der Waals surface area contributed by atoms with Crippen molar-refractivity contribution in [1.82, 2.24) is 0 Å². The molecule has 2 atom stereocenters. The van der Waals surface area contributed by atoms with E-state index in [1.165, 1.54) is 6.07 Å². The van der Waals surface area contributed by atoms with Crippen molar-refractivity contribution >= 4 is 23.2 Å². The summed E-state index contributed by atoms with van der Waals surface area (Å²) >= 11 is 12.0.